The second kappa shape index (κ2) is 11.5. The van der Waals surface area contributed by atoms with E-state index in [0.717, 1.165) is 38.0 Å². The fraction of sp³-hybridized carbons (Fsp3) is 0.567. The smallest absolute Gasteiger partial charge is 0.224 e. The predicted octanol–water partition coefficient (Wildman–Crippen LogP) is 5.53. The normalized spacial score (nSPS) is 21.8. The molecular formula is C30H40F2N2O3. The van der Waals surface area contributed by atoms with E-state index < -0.39 is 11.5 Å². The van der Waals surface area contributed by atoms with Crippen LogP contribution in [0.4, 0.5) is 8.78 Å². The van der Waals surface area contributed by atoms with Gasteiger partial charge in [-0.15, -0.1) is 0 Å². The summed E-state index contributed by atoms with van der Waals surface area (Å²) in [7, 11) is 1.67. The largest absolute Gasteiger partial charge is 0.491 e. The summed E-state index contributed by atoms with van der Waals surface area (Å²) in [6.45, 7) is 8.93. The van der Waals surface area contributed by atoms with Gasteiger partial charge in [-0.05, 0) is 87.8 Å². The van der Waals surface area contributed by atoms with Crippen molar-refractivity contribution < 1.29 is 23.0 Å². The molecule has 2 saturated heterocycles. The standard InChI is InChI=1S/C30H40F2N2O3/c1-19-20(2)28(37-13-12-36-5)11-7-22(19)18-34-24-8-9-25(34)17-23(16-24)33-29(35)15-21-6-10-26(27(31)14-21)30(3,4)32/h6-7,10-11,14,23-25H,8-9,12-13,15-18H2,1-5H3,(H,33,35). The van der Waals surface area contributed by atoms with Crippen LogP contribution in [0.25, 0.3) is 0 Å². The first-order chi connectivity index (χ1) is 17.6. The van der Waals surface area contributed by atoms with Crippen molar-refractivity contribution in [3.8, 4) is 5.75 Å². The molecule has 37 heavy (non-hydrogen) atoms. The van der Waals surface area contributed by atoms with Crippen molar-refractivity contribution in [2.45, 2.75) is 90.1 Å². The molecule has 2 aliphatic rings. The maximum Gasteiger partial charge on any atom is 0.224 e. The van der Waals surface area contributed by atoms with Gasteiger partial charge in [0.25, 0.3) is 0 Å². The van der Waals surface area contributed by atoms with Gasteiger partial charge in [-0.25, -0.2) is 8.78 Å². The highest BCUT2D eigenvalue weighted by molar-refractivity contribution is 5.79. The fourth-order valence-electron chi connectivity index (χ4n) is 5.88. The monoisotopic (exact) mass is 514 g/mol. The van der Waals surface area contributed by atoms with Crippen molar-refractivity contribution in [3.05, 3.63) is 64.0 Å². The Morgan fingerprint density at radius 1 is 1.08 bits per heavy atom. The number of carbonyl (C=O) groups excluding carboxylic acids is 1. The van der Waals surface area contributed by atoms with Crippen molar-refractivity contribution in [3.63, 3.8) is 0 Å². The predicted molar refractivity (Wildman–Crippen MR) is 141 cm³/mol. The van der Waals surface area contributed by atoms with Crippen molar-refractivity contribution in [2.75, 3.05) is 20.3 Å². The van der Waals surface area contributed by atoms with Crippen LogP contribution in [0.15, 0.2) is 30.3 Å². The topological polar surface area (TPSA) is 50.8 Å². The zero-order valence-electron chi connectivity index (χ0n) is 22.7. The quantitative estimate of drug-likeness (QED) is 0.424. The van der Waals surface area contributed by atoms with Crippen LogP contribution < -0.4 is 10.1 Å². The van der Waals surface area contributed by atoms with E-state index in [4.69, 9.17) is 9.47 Å². The molecule has 2 unspecified atom stereocenters. The Bertz CT molecular complexity index is 1100. The summed E-state index contributed by atoms with van der Waals surface area (Å²) in [5.41, 5.74) is 2.57. The molecule has 2 bridgehead atoms. The molecule has 2 aliphatic heterocycles. The Kier molecular flexibility index (Phi) is 8.54. The third kappa shape index (κ3) is 6.50. The highest BCUT2D eigenvalue weighted by atomic mass is 19.1. The minimum absolute atomic E-state index is 0.0132. The molecule has 2 fully saturated rings. The van der Waals surface area contributed by atoms with Crippen molar-refractivity contribution >= 4 is 5.91 Å². The molecule has 2 aromatic rings. The van der Waals surface area contributed by atoms with Gasteiger partial charge >= 0.3 is 0 Å². The molecule has 0 radical (unpaired) electrons. The molecule has 1 N–H and O–H groups in total. The number of methoxy groups -OCH3 is 1. The van der Waals surface area contributed by atoms with Crippen LogP contribution >= 0.6 is 0 Å². The number of nitrogens with one attached hydrogen (secondary N) is 1. The number of hydrogen-bond donors (Lipinski definition) is 1. The molecule has 0 aliphatic carbocycles. The number of ether oxygens (including phenoxy) is 2. The molecule has 0 aromatic heterocycles. The van der Waals surface area contributed by atoms with E-state index in [1.165, 1.54) is 42.7 Å². The Morgan fingerprint density at radius 2 is 1.78 bits per heavy atom. The van der Waals surface area contributed by atoms with E-state index in [2.05, 4.69) is 36.2 Å². The van der Waals surface area contributed by atoms with Crippen LogP contribution in [0, 0.1) is 19.7 Å². The van der Waals surface area contributed by atoms with E-state index in [1.54, 1.807) is 13.2 Å². The summed E-state index contributed by atoms with van der Waals surface area (Å²) in [6.07, 6.45) is 4.21. The van der Waals surface area contributed by atoms with E-state index in [-0.39, 0.29) is 23.9 Å². The lowest BCUT2D eigenvalue weighted by Crippen LogP contribution is -2.50. The summed E-state index contributed by atoms with van der Waals surface area (Å²) in [6, 6.07) is 9.59. The molecule has 0 spiro atoms. The lowest BCUT2D eigenvalue weighted by Gasteiger charge is -2.39. The number of rotatable bonds is 10. The maximum absolute atomic E-state index is 14.3. The Morgan fingerprint density at radius 3 is 2.41 bits per heavy atom. The third-order valence-corrected chi connectivity index (χ3v) is 8.04. The number of piperidine rings is 1. The minimum atomic E-state index is -1.75. The molecule has 2 atom stereocenters. The highest BCUT2D eigenvalue weighted by Gasteiger charge is 2.41. The minimum Gasteiger partial charge on any atom is -0.491 e. The number of hydrogen-bond acceptors (Lipinski definition) is 4. The van der Waals surface area contributed by atoms with Gasteiger partial charge in [0.05, 0.1) is 13.0 Å². The van der Waals surface area contributed by atoms with Gasteiger partial charge in [-0.3, -0.25) is 9.69 Å². The summed E-state index contributed by atoms with van der Waals surface area (Å²) < 4.78 is 39.4. The van der Waals surface area contributed by atoms with Crippen molar-refractivity contribution in [2.24, 2.45) is 0 Å². The number of amides is 1. The number of halogens is 2. The van der Waals surface area contributed by atoms with Gasteiger partial charge in [0.1, 0.15) is 23.8 Å². The van der Waals surface area contributed by atoms with Crippen LogP contribution in [-0.4, -0.2) is 49.3 Å². The molecule has 2 aromatic carbocycles. The molecule has 7 heteroatoms. The second-order valence-electron chi connectivity index (χ2n) is 11.1. The summed E-state index contributed by atoms with van der Waals surface area (Å²) >= 11 is 0. The number of alkyl halides is 1. The first kappa shape index (κ1) is 27.5. The second-order valence-corrected chi connectivity index (χ2v) is 11.1. The van der Waals surface area contributed by atoms with Gasteiger partial charge in [0.15, 0.2) is 0 Å². The van der Waals surface area contributed by atoms with E-state index >= 15 is 0 Å². The molecule has 202 valence electrons. The Labute approximate surface area is 219 Å². The Balaban J connectivity index is 1.33. The number of carbonyl (C=O) groups is 1. The van der Waals surface area contributed by atoms with Crippen LogP contribution in [0.5, 0.6) is 5.75 Å². The van der Waals surface area contributed by atoms with Crippen molar-refractivity contribution in [1.29, 1.82) is 0 Å². The number of nitrogens with zero attached hydrogens (tertiary/aromatic N) is 1. The van der Waals surface area contributed by atoms with Crippen LogP contribution in [0.1, 0.15) is 67.3 Å². The van der Waals surface area contributed by atoms with Gasteiger partial charge in [-0.2, -0.15) is 0 Å². The molecular weight excluding hydrogens is 474 g/mol. The first-order valence-corrected chi connectivity index (χ1v) is 13.3. The fourth-order valence-corrected chi connectivity index (χ4v) is 5.88. The van der Waals surface area contributed by atoms with Crippen LogP contribution in [-0.2, 0) is 28.2 Å². The van der Waals surface area contributed by atoms with Gasteiger partial charge in [-0.1, -0.05) is 18.2 Å². The maximum atomic E-state index is 14.3. The molecule has 5 nitrogen and oxygen atoms in total. The first-order valence-electron chi connectivity index (χ1n) is 13.3. The molecule has 2 heterocycles. The summed E-state index contributed by atoms with van der Waals surface area (Å²) in [5, 5.41) is 3.18. The zero-order valence-corrected chi connectivity index (χ0v) is 22.7. The summed E-state index contributed by atoms with van der Waals surface area (Å²) in [5.74, 6) is 0.190. The van der Waals surface area contributed by atoms with E-state index in [9.17, 15) is 13.6 Å². The van der Waals surface area contributed by atoms with Gasteiger partial charge in [0, 0.05) is 37.3 Å². The van der Waals surface area contributed by atoms with E-state index in [1.807, 2.05) is 0 Å². The number of fused-ring (bicyclic) bond motifs is 2. The SMILES string of the molecule is COCCOc1ccc(CN2C3CCC2CC(NC(=O)Cc2ccc(C(C)(C)F)c(F)c2)C3)c(C)c1C. The Hall–Kier alpha value is -2.51. The average Bonchev–Trinajstić information content (AvgIpc) is 3.04. The zero-order chi connectivity index (χ0) is 26.7. The lowest BCUT2D eigenvalue weighted by atomic mass is 9.94. The molecule has 4 rings (SSSR count). The summed E-state index contributed by atoms with van der Waals surface area (Å²) in [4.78, 5) is 15.3. The van der Waals surface area contributed by atoms with Crippen LogP contribution in [0.3, 0.4) is 0 Å². The van der Waals surface area contributed by atoms with E-state index in [0.29, 0.717) is 30.9 Å². The van der Waals surface area contributed by atoms with Crippen molar-refractivity contribution in [1.82, 2.24) is 10.2 Å². The third-order valence-electron chi connectivity index (χ3n) is 8.04. The van der Waals surface area contributed by atoms with Gasteiger partial charge in [0.2, 0.25) is 5.91 Å². The molecule has 0 saturated carbocycles. The average molecular weight is 515 g/mol. The van der Waals surface area contributed by atoms with Gasteiger partial charge < -0.3 is 14.8 Å². The highest BCUT2D eigenvalue weighted by Crippen LogP contribution is 2.38. The lowest BCUT2D eigenvalue weighted by molar-refractivity contribution is -0.121. The molecule has 1 amide bonds. The number of benzene rings is 2. The van der Waals surface area contributed by atoms with Crippen LogP contribution in [0.2, 0.25) is 0 Å².